The van der Waals surface area contributed by atoms with Crippen LogP contribution in [0.15, 0.2) is 22.7 Å². The molecule has 1 aliphatic rings. The summed E-state index contributed by atoms with van der Waals surface area (Å²) in [6, 6.07) is 6.45. The van der Waals surface area contributed by atoms with Gasteiger partial charge in [0.2, 0.25) is 0 Å². The summed E-state index contributed by atoms with van der Waals surface area (Å²) in [5.41, 5.74) is 2.50. The van der Waals surface area contributed by atoms with Crippen LogP contribution in [-0.2, 0) is 11.2 Å². The van der Waals surface area contributed by atoms with Crippen molar-refractivity contribution in [3.63, 3.8) is 0 Å². The number of nitrogens with zero attached hydrogens (tertiary/aromatic N) is 1. The lowest BCUT2D eigenvalue weighted by atomic mass is 10.1. The predicted octanol–water partition coefficient (Wildman–Crippen LogP) is 2.21. The molecule has 0 atom stereocenters. The van der Waals surface area contributed by atoms with Crippen LogP contribution in [-0.4, -0.2) is 38.0 Å². The molecule has 1 heterocycles. The van der Waals surface area contributed by atoms with E-state index in [2.05, 4.69) is 39.0 Å². The third-order valence-corrected chi connectivity index (χ3v) is 3.62. The summed E-state index contributed by atoms with van der Waals surface area (Å²) < 4.78 is 6.49. The summed E-state index contributed by atoms with van der Waals surface area (Å²) >= 11 is 3.63. The van der Waals surface area contributed by atoms with Crippen LogP contribution in [0, 0.1) is 0 Å². The first kappa shape index (κ1) is 12.9. The smallest absolute Gasteiger partial charge is 0.0642 e. The number of aryl methyl sites for hydroxylation is 1. The summed E-state index contributed by atoms with van der Waals surface area (Å²) in [6.45, 7) is 3.77. The van der Waals surface area contributed by atoms with E-state index in [0.29, 0.717) is 0 Å². The molecule has 0 aliphatic carbocycles. The van der Waals surface area contributed by atoms with Crippen LogP contribution in [0.25, 0.3) is 0 Å². The van der Waals surface area contributed by atoms with Crippen molar-refractivity contribution in [2.75, 3.05) is 37.8 Å². The molecule has 1 aromatic carbocycles. The fraction of sp³-hybridized carbons (Fsp3) is 0.538. The monoisotopic (exact) mass is 299 g/mol. The lowest BCUT2D eigenvalue weighted by Gasteiger charge is -2.29. The molecule has 0 radical (unpaired) electrons. The standard InChI is InChI=1S/C13H18BrNO2/c14-12-10-11(2-1-7-16)3-4-13(12)15-5-8-17-9-6-15/h3-4,10,16H,1-2,5-9H2. The van der Waals surface area contributed by atoms with Gasteiger partial charge in [0.15, 0.2) is 0 Å². The van der Waals surface area contributed by atoms with Gasteiger partial charge >= 0.3 is 0 Å². The zero-order chi connectivity index (χ0) is 12.1. The van der Waals surface area contributed by atoms with E-state index in [-0.39, 0.29) is 6.61 Å². The highest BCUT2D eigenvalue weighted by Gasteiger charge is 2.13. The molecule has 1 fully saturated rings. The Bertz CT molecular complexity index is 364. The first-order valence-electron chi connectivity index (χ1n) is 6.03. The normalized spacial score (nSPS) is 16.2. The minimum atomic E-state index is 0.253. The van der Waals surface area contributed by atoms with Gasteiger partial charge in [0.05, 0.1) is 18.9 Å². The van der Waals surface area contributed by atoms with Crippen LogP contribution in [0.2, 0.25) is 0 Å². The van der Waals surface area contributed by atoms with Crippen LogP contribution in [0.3, 0.4) is 0 Å². The molecule has 0 bridgehead atoms. The Morgan fingerprint density at radius 1 is 1.29 bits per heavy atom. The van der Waals surface area contributed by atoms with Crippen molar-refractivity contribution in [2.45, 2.75) is 12.8 Å². The van der Waals surface area contributed by atoms with Gasteiger partial charge < -0.3 is 14.7 Å². The third kappa shape index (κ3) is 3.44. The van der Waals surface area contributed by atoms with Gasteiger partial charge in [-0.15, -0.1) is 0 Å². The molecule has 4 heteroatoms. The average Bonchev–Trinajstić information content (AvgIpc) is 2.37. The minimum absolute atomic E-state index is 0.253. The molecule has 0 unspecified atom stereocenters. The Labute approximate surface area is 111 Å². The molecule has 1 aromatic rings. The number of morpholine rings is 1. The van der Waals surface area contributed by atoms with E-state index in [4.69, 9.17) is 9.84 Å². The van der Waals surface area contributed by atoms with E-state index < -0.39 is 0 Å². The molecular formula is C13H18BrNO2. The van der Waals surface area contributed by atoms with Crippen LogP contribution >= 0.6 is 15.9 Å². The predicted molar refractivity (Wildman–Crippen MR) is 72.6 cm³/mol. The van der Waals surface area contributed by atoms with Crippen LogP contribution in [0.4, 0.5) is 5.69 Å². The molecule has 1 saturated heterocycles. The number of ether oxygens (including phenoxy) is 1. The minimum Gasteiger partial charge on any atom is -0.396 e. The molecule has 3 nitrogen and oxygen atoms in total. The van der Waals surface area contributed by atoms with Gasteiger partial charge in [0, 0.05) is 24.2 Å². The summed E-state index contributed by atoms with van der Waals surface area (Å²) in [5.74, 6) is 0. The van der Waals surface area contributed by atoms with E-state index in [1.165, 1.54) is 11.3 Å². The fourth-order valence-electron chi connectivity index (χ4n) is 2.05. The number of benzene rings is 1. The van der Waals surface area contributed by atoms with Crippen molar-refractivity contribution in [2.24, 2.45) is 0 Å². The van der Waals surface area contributed by atoms with E-state index in [9.17, 15) is 0 Å². The maximum absolute atomic E-state index is 8.82. The van der Waals surface area contributed by atoms with Gasteiger partial charge in [0.1, 0.15) is 0 Å². The Morgan fingerprint density at radius 3 is 2.71 bits per heavy atom. The Hall–Kier alpha value is -0.580. The number of hydrogen-bond acceptors (Lipinski definition) is 3. The molecule has 0 aromatic heterocycles. The Kier molecular flexibility index (Phi) is 4.83. The van der Waals surface area contributed by atoms with Crippen LogP contribution in [0.1, 0.15) is 12.0 Å². The zero-order valence-electron chi connectivity index (χ0n) is 9.86. The number of halogens is 1. The topological polar surface area (TPSA) is 32.7 Å². The second kappa shape index (κ2) is 6.38. The first-order chi connectivity index (χ1) is 8.31. The van der Waals surface area contributed by atoms with E-state index in [0.717, 1.165) is 43.6 Å². The van der Waals surface area contributed by atoms with Gasteiger partial charge in [0.25, 0.3) is 0 Å². The molecule has 0 spiro atoms. The van der Waals surface area contributed by atoms with Crippen molar-refractivity contribution in [1.82, 2.24) is 0 Å². The van der Waals surface area contributed by atoms with Gasteiger partial charge in [-0.2, -0.15) is 0 Å². The highest BCUT2D eigenvalue weighted by molar-refractivity contribution is 9.10. The molecule has 0 saturated carbocycles. The Balaban J connectivity index is 2.07. The van der Waals surface area contributed by atoms with Crippen molar-refractivity contribution < 1.29 is 9.84 Å². The number of anilines is 1. The maximum atomic E-state index is 8.82. The summed E-state index contributed by atoms with van der Waals surface area (Å²) in [5, 5.41) is 8.82. The number of rotatable bonds is 4. The number of aliphatic hydroxyl groups is 1. The summed E-state index contributed by atoms with van der Waals surface area (Å²) in [4.78, 5) is 2.34. The lowest BCUT2D eigenvalue weighted by Crippen LogP contribution is -2.36. The first-order valence-corrected chi connectivity index (χ1v) is 6.82. The molecule has 1 N–H and O–H groups in total. The number of aliphatic hydroxyl groups excluding tert-OH is 1. The summed E-state index contributed by atoms with van der Waals surface area (Å²) in [7, 11) is 0. The SMILES string of the molecule is OCCCc1ccc(N2CCOCC2)c(Br)c1. The molecular weight excluding hydrogens is 282 g/mol. The largest absolute Gasteiger partial charge is 0.396 e. The van der Waals surface area contributed by atoms with Gasteiger partial charge in [-0.3, -0.25) is 0 Å². The molecule has 1 aliphatic heterocycles. The van der Waals surface area contributed by atoms with Gasteiger partial charge in [-0.1, -0.05) is 6.07 Å². The van der Waals surface area contributed by atoms with E-state index in [1.807, 2.05) is 0 Å². The summed E-state index contributed by atoms with van der Waals surface area (Å²) in [6.07, 6.45) is 1.75. The van der Waals surface area contributed by atoms with Crippen LogP contribution in [0.5, 0.6) is 0 Å². The lowest BCUT2D eigenvalue weighted by molar-refractivity contribution is 0.122. The van der Waals surface area contributed by atoms with Crippen molar-refractivity contribution in [1.29, 1.82) is 0 Å². The molecule has 2 rings (SSSR count). The highest BCUT2D eigenvalue weighted by Crippen LogP contribution is 2.28. The van der Waals surface area contributed by atoms with Crippen molar-refractivity contribution >= 4 is 21.6 Å². The van der Waals surface area contributed by atoms with Crippen molar-refractivity contribution in [3.8, 4) is 0 Å². The van der Waals surface area contributed by atoms with Gasteiger partial charge in [-0.05, 0) is 46.5 Å². The van der Waals surface area contributed by atoms with E-state index >= 15 is 0 Å². The second-order valence-corrected chi connectivity index (χ2v) is 5.07. The maximum Gasteiger partial charge on any atom is 0.0642 e. The molecule has 94 valence electrons. The second-order valence-electron chi connectivity index (χ2n) is 4.21. The fourth-order valence-corrected chi connectivity index (χ4v) is 2.73. The highest BCUT2D eigenvalue weighted by atomic mass is 79.9. The van der Waals surface area contributed by atoms with E-state index in [1.54, 1.807) is 0 Å². The molecule has 17 heavy (non-hydrogen) atoms. The molecule has 0 amide bonds. The van der Waals surface area contributed by atoms with Crippen LogP contribution < -0.4 is 4.90 Å². The Morgan fingerprint density at radius 2 is 2.06 bits per heavy atom. The average molecular weight is 300 g/mol. The van der Waals surface area contributed by atoms with Crippen molar-refractivity contribution in [3.05, 3.63) is 28.2 Å². The quantitative estimate of drug-likeness (QED) is 0.925. The number of hydrogen-bond donors (Lipinski definition) is 1. The van der Waals surface area contributed by atoms with Gasteiger partial charge in [-0.25, -0.2) is 0 Å². The zero-order valence-corrected chi connectivity index (χ0v) is 11.4. The third-order valence-electron chi connectivity index (χ3n) is 2.99.